The topological polar surface area (TPSA) is 64.9 Å². The van der Waals surface area contributed by atoms with Crippen LogP contribution in [0.15, 0.2) is 48.8 Å². The van der Waals surface area contributed by atoms with Gasteiger partial charge in [-0.05, 0) is 42.3 Å². The van der Waals surface area contributed by atoms with E-state index in [2.05, 4.69) is 39.3 Å². The maximum absolute atomic E-state index is 8.88. The third-order valence-corrected chi connectivity index (χ3v) is 4.64. The molecule has 2 aromatic heterocycles. The molecule has 0 radical (unpaired) electrons. The molecule has 1 aliphatic heterocycles. The van der Waals surface area contributed by atoms with E-state index >= 15 is 0 Å². The highest BCUT2D eigenvalue weighted by molar-refractivity contribution is 5.93. The van der Waals surface area contributed by atoms with Gasteiger partial charge in [-0.3, -0.25) is 0 Å². The minimum absolute atomic E-state index is 0.588. The average molecular weight is 330 g/mol. The fourth-order valence-electron chi connectivity index (χ4n) is 3.25. The average Bonchev–Trinajstić information content (AvgIpc) is 3.11. The Hall–Kier alpha value is -3.26. The van der Waals surface area contributed by atoms with Crippen molar-refractivity contribution in [2.45, 2.75) is 6.42 Å². The highest BCUT2D eigenvalue weighted by atomic mass is 16.5. The standard InChI is InChI=1S/C20H18N4O/c1-25-16-3-4-19-17(10-16)18(13-22-19)15-6-8-24(9-7-15)20-5-2-14(11-21)12-23-20/h2-6,10,12-13,22H,7-9H2,1H3. The van der Waals surface area contributed by atoms with Crippen molar-refractivity contribution in [2.24, 2.45) is 0 Å². The molecule has 3 heterocycles. The molecule has 0 saturated carbocycles. The summed E-state index contributed by atoms with van der Waals surface area (Å²) < 4.78 is 5.36. The van der Waals surface area contributed by atoms with Crippen LogP contribution in [-0.4, -0.2) is 30.2 Å². The minimum Gasteiger partial charge on any atom is -0.497 e. The van der Waals surface area contributed by atoms with Crippen LogP contribution in [0.4, 0.5) is 5.82 Å². The molecule has 0 fully saturated rings. The summed E-state index contributed by atoms with van der Waals surface area (Å²) in [5.74, 6) is 1.78. The molecule has 25 heavy (non-hydrogen) atoms. The van der Waals surface area contributed by atoms with Crippen LogP contribution < -0.4 is 9.64 Å². The zero-order chi connectivity index (χ0) is 17.2. The van der Waals surface area contributed by atoms with E-state index in [0.29, 0.717) is 5.56 Å². The Kier molecular flexibility index (Phi) is 3.87. The summed E-state index contributed by atoms with van der Waals surface area (Å²) >= 11 is 0. The Labute approximate surface area is 146 Å². The smallest absolute Gasteiger partial charge is 0.128 e. The summed E-state index contributed by atoms with van der Waals surface area (Å²) in [7, 11) is 1.69. The fourth-order valence-corrected chi connectivity index (χ4v) is 3.25. The number of nitrogens with one attached hydrogen (secondary N) is 1. The van der Waals surface area contributed by atoms with Gasteiger partial charge < -0.3 is 14.6 Å². The van der Waals surface area contributed by atoms with Crippen molar-refractivity contribution in [1.29, 1.82) is 5.26 Å². The number of aromatic nitrogens is 2. The zero-order valence-corrected chi connectivity index (χ0v) is 14.0. The Morgan fingerprint density at radius 2 is 2.20 bits per heavy atom. The van der Waals surface area contributed by atoms with Crippen LogP contribution in [0.25, 0.3) is 16.5 Å². The number of ether oxygens (including phenoxy) is 1. The summed E-state index contributed by atoms with van der Waals surface area (Å²) in [5.41, 5.74) is 4.28. The summed E-state index contributed by atoms with van der Waals surface area (Å²) in [5, 5.41) is 10.1. The Morgan fingerprint density at radius 1 is 1.28 bits per heavy atom. The van der Waals surface area contributed by atoms with Crippen molar-refractivity contribution in [3.05, 3.63) is 59.9 Å². The van der Waals surface area contributed by atoms with E-state index in [1.54, 1.807) is 13.3 Å². The molecule has 3 aromatic rings. The third-order valence-electron chi connectivity index (χ3n) is 4.64. The van der Waals surface area contributed by atoms with E-state index in [1.807, 2.05) is 24.3 Å². The summed E-state index contributed by atoms with van der Waals surface area (Å²) in [6.45, 7) is 1.71. The Balaban J connectivity index is 1.59. The van der Waals surface area contributed by atoms with Gasteiger partial charge in [-0.2, -0.15) is 5.26 Å². The molecule has 4 rings (SSSR count). The predicted molar refractivity (Wildman–Crippen MR) is 98.6 cm³/mol. The van der Waals surface area contributed by atoms with E-state index in [1.165, 1.54) is 16.5 Å². The highest BCUT2D eigenvalue weighted by Crippen LogP contribution is 2.32. The second-order valence-corrected chi connectivity index (χ2v) is 6.06. The van der Waals surface area contributed by atoms with Gasteiger partial charge >= 0.3 is 0 Å². The molecule has 0 aliphatic carbocycles. The van der Waals surface area contributed by atoms with Crippen LogP contribution >= 0.6 is 0 Å². The maximum atomic E-state index is 8.88. The van der Waals surface area contributed by atoms with E-state index in [0.717, 1.165) is 36.6 Å². The molecule has 124 valence electrons. The van der Waals surface area contributed by atoms with Gasteiger partial charge in [0.1, 0.15) is 17.6 Å². The van der Waals surface area contributed by atoms with Gasteiger partial charge in [0.15, 0.2) is 0 Å². The molecule has 0 amide bonds. The normalized spacial score (nSPS) is 14.2. The number of anilines is 1. The van der Waals surface area contributed by atoms with Crippen LogP contribution in [0.3, 0.4) is 0 Å². The first-order chi connectivity index (χ1) is 12.3. The maximum Gasteiger partial charge on any atom is 0.128 e. The van der Waals surface area contributed by atoms with Crippen LogP contribution in [0.2, 0.25) is 0 Å². The lowest BCUT2D eigenvalue weighted by Gasteiger charge is -2.27. The zero-order valence-electron chi connectivity index (χ0n) is 14.0. The fraction of sp³-hybridized carbons (Fsp3) is 0.200. The van der Waals surface area contributed by atoms with E-state index in [-0.39, 0.29) is 0 Å². The van der Waals surface area contributed by atoms with Crippen molar-refractivity contribution in [2.75, 3.05) is 25.1 Å². The van der Waals surface area contributed by atoms with E-state index in [4.69, 9.17) is 10.00 Å². The number of rotatable bonds is 3. The van der Waals surface area contributed by atoms with Gasteiger partial charge in [0, 0.05) is 41.9 Å². The van der Waals surface area contributed by atoms with Crippen LogP contribution in [-0.2, 0) is 0 Å². The number of aromatic amines is 1. The number of nitriles is 1. The molecular formula is C20H18N4O. The lowest BCUT2D eigenvalue weighted by atomic mass is 9.99. The first-order valence-electron chi connectivity index (χ1n) is 8.24. The molecule has 5 heteroatoms. The Bertz CT molecular complexity index is 979. The van der Waals surface area contributed by atoms with Crippen LogP contribution in [0.5, 0.6) is 5.75 Å². The quantitative estimate of drug-likeness (QED) is 0.794. The lowest BCUT2D eigenvalue weighted by molar-refractivity contribution is 0.415. The van der Waals surface area contributed by atoms with Gasteiger partial charge in [0.25, 0.3) is 0 Å². The second-order valence-electron chi connectivity index (χ2n) is 6.06. The van der Waals surface area contributed by atoms with Gasteiger partial charge in [-0.25, -0.2) is 4.98 Å². The van der Waals surface area contributed by atoms with Gasteiger partial charge in [-0.1, -0.05) is 6.08 Å². The number of fused-ring (bicyclic) bond motifs is 1. The highest BCUT2D eigenvalue weighted by Gasteiger charge is 2.17. The molecule has 0 spiro atoms. The summed E-state index contributed by atoms with van der Waals surface area (Å²) in [6.07, 6.45) is 6.91. The third kappa shape index (κ3) is 2.83. The number of hydrogen-bond acceptors (Lipinski definition) is 4. The summed E-state index contributed by atoms with van der Waals surface area (Å²) in [4.78, 5) is 9.95. The van der Waals surface area contributed by atoms with Crippen LogP contribution in [0, 0.1) is 11.3 Å². The molecule has 0 unspecified atom stereocenters. The molecule has 0 atom stereocenters. The number of hydrogen-bond donors (Lipinski definition) is 1. The van der Waals surface area contributed by atoms with Crippen LogP contribution in [0.1, 0.15) is 17.5 Å². The van der Waals surface area contributed by atoms with Crippen molar-refractivity contribution in [3.63, 3.8) is 0 Å². The second kappa shape index (κ2) is 6.33. The first kappa shape index (κ1) is 15.3. The van der Waals surface area contributed by atoms with Crippen molar-refractivity contribution in [1.82, 2.24) is 9.97 Å². The molecular weight excluding hydrogens is 312 g/mol. The number of methoxy groups -OCH3 is 1. The molecule has 5 nitrogen and oxygen atoms in total. The number of nitrogens with zero attached hydrogens (tertiary/aromatic N) is 3. The number of pyridine rings is 1. The SMILES string of the molecule is COc1ccc2[nH]cc(C3=CCN(c4ccc(C#N)cn4)CC3)c2c1. The lowest BCUT2D eigenvalue weighted by Crippen LogP contribution is -2.28. The molecule has 1 aliphatic rings. The van der Waals surface area contributed by atoms with Gasteiger partial charge in [0.2, 0.25) is 0 Å². The molecule has 0 saturated heterocycles. The largest absolute Gasteiger partial charge is 0.497 e. The van der Waals surface area contributed by atoms with Gasteiger partial charge in [0.05, 0.1) is 12.7 Å². The minimum atomic E-state index is 0.588. The molecule has 1 N–H and O–H groups in total. The summed E-state index contributed by atoms with van der Waals surface area (Å²) in [6, 6.07) is 11.9. The van der Waals surface area contributed by atoms with Crippen molar-refractivity contribution < 1.29 is 4.74 Å². The number of benzene rings is 1. The first-order valence-corrected chi connectivity index (χ1v) is 8.24. The van der Waals surface area contributed by atoms with Crippen molar-refractivity contribution >= 4 is 22.3 Å². The van der Waals surface area contributed by atoms with Crippen molar-refractivity contribution in [3.8, 4) is 11.8 Å². The predicted octanol–water partition coefficient (Wildman–Crippen LogP) is 3.74. The monoisotopic (exact) mass is 330 g/mol. The molecule has 0 bridgehead atoms. The molecule has 1 aromatic carbocycles. The Morgan fingerprint density at radius 3 is 2.88 bits per heavy atom. The van der Waals surface area contributed by atoms with Gasteiger partial charge in [-0.15, -0.1) is 0 Å². The van der Waals surface area contributed by atoms with E-state index in [9.17, 15) is 0 Å². The number of H-pyrrole nitrogens is 1. The van der Waals surface area contributed by atoms with E-state index < -0.39 is 0 Å².